The maximum Gasteiger partial charge on any atom is 0.122 e. The first-order valence-electron chi connectivity index (χ1n) is 8.23. The van der Waals surface area contributed by atoms with E-state index < -0.39 is 0 Å². The fourth-order valence-electron chi connectivity index (χ4n) is 2.17. The van der Waals surface area contributed by atoms with Gasteiger partial charge in [-0.1, -0.05) is 38.1 Å². The van der Waals surface area contributed by atoms with Gasteiger partial charge in [0.05, 0.1) is 13.2 Å². The fraction of sp³-hybridized carbons (Fsp3) is 0.400. The topological polar surface area (TPSA) is 30.5 Å². The number of rotatable bonds is 8. The third-order valence-corrected chi connectivity index (χ3v) is 3.43. The van der Waals surface area contributed by atoms with E-state index in [0.717, 1.165) is 35.9 Å². The highest BCUT2D eigenvalue weighted by Crippen LogP contribution is 2.20. The van der Waals surface area contributed by atoms with Crippen LogP contribution in [0.1, 0.15) is 26.3 Å². The molecule has 1 unspecified atom stereocenters. The van der Waals surface area contributed by atoms with Crippen molar-refractivity contribution in [1.29, 1.82) is 0 Å². The van der Waals surface area contributed by atoms with Gasteiger partial charge in [0, 0.05) is 11.8 Å². The molecule has 1 atom stereocenters. The van der Waals surface area contributed by atoms with Crippen molar-refractivity contribution in [2.45, 2.75) is 33.8 Å². The summed E-state index contributed by atoms with van der Waals surface area (Å²) >= 11 is 0. The third kappa shape index (κ3) is 5.85. The van der Waals surface area contributed by atoms with Crippen LogP contribution in [0.5, 0.6) is 11.5 Å². The highest BCUT2D eigenvalue weighted by molar-refractivity contribution is 5.48. The standard InChI is InChI=1S/C20H27NO2/c1-15(2)14-22-19-10-7-9-18(12-19)21-13-17(4)23-20-11-6-5-8-16(20)3/h5-12,15,17,21H,13-14H2,1-4H3. The number of aryl methyl sites for hydroxylation is 1. The zero-order chi connectivity index (χ0) is 16.7. The third-order valence-electron chi connectivity index (χ3n) is 3.43. The summed E-state index contributed by atoms with van der Waals surface area (Å²) in [6, 6.07) is 16.2. The fourth-order valence-corrected chi connectivity index (χ4v) is 2.17. The summed E-state index contributed by atoms with van der Waals surface area (Å²) in [6.45, 7) is 9.89. The summed E-state index contributed by atoms with van der Waals surface area (Å²) in [5.74, 6) is 2.36. The molecular weight excluding hydrogens is 286 g/mol. The molecule has 2 rings (SSSR count). The molecule has 124 valence electrons. The van der Waals surface area contributed by atoms with Crippen LogP contribution in [0.2, 0.25) is 0 Å². The number of nitrogens with one attached hydrogen (secondary N) is 1. The van der Waals surface area contributed by atoms with E-state index in [1.165, 1.54) is 0 Å². The van der Waals surface area contributed by atoms with Crippen LogP contribution in [0.3, 0.4) is 0 Å². The molecule has 0 aliphatic heterocycles. The lowest BCUT2D eigenvalue weighted by Crippen LogP contribution is -2.23. The number of hydrogen-bond acceptors (Lipinski definition) is 3. The van der Waals surface area contributed by atoms with Crippen LogP contribution in [0.15, 0.2) is 48.5 Å². The van der Waals surface area contributed by atoms with Gasteiger partial charge in [-0.25, -0.2) is 0 Å². The molecule has 0 bridgehead atoms. The Labute approximate surface area is 139 Å². The molecule has 0 amide bonds. The number of anilines is 1. The lowest BCUT2D eigenvalue weighted by atomic mass is 10.2. The molecule has 0 fully saturated rings. The molecule has 0 heterocycles. The van der Waals surface area contributed by atoms with Gasteiger partial charge < -0.3 is 14.8 Å². The Balaban J connectivity index is 1.85. The van der Waals surface area contributed by atoms with E-state index in [1.807, 2.05) is 42.5 Å². The molecule has 0 saturated heterocycles. The number of para-hydroxylation sites is 1. The first-order chi connectivity index (χ1) is 11.0. The van der Waals surface area contributed by atoms with Crippen molar-refractivity contribution in [2.24, 2.45) is 5.92 Å². The van der Waals surface area contributed by atoms with Crippen molar-refractivity contribution in [3.63, 3.8) is 0 Å². The van der Waals surface area contributed by atoms with E-state index in [4.69, 9.17) is 9.47 Å². The highest BCUT2D eigenvalue weighted by atomic mass is 16.5. The first kappa shape index (κ1) is 17.2. The van der Waals surface area contributed by atoms with Crippen LogP contribution in [0, 0.1) is 12.8 Å². The second kappa shape index (κ2) is 8.47. The molecule has 2 aromatic rings. The van der Waals surface area contributed by atoms with Crippen molar-refractivity contribution >= 4 is 5.69 Å². The largest absolute Gasteiger partial charge is 0.493 e. The molecule has 0 radical (unpaired) electrons. The number of hydrogen-bond donors (Lipinski definition) is 1. The zero-order valence-corrected chi connectivity index (χ0v) is 14.5. The molecule has 0 aliphatic rings. The van der Waals surface area contributed by atoms with E-state index in [0.29, 0.717) is 5.92 Å². The molecule has 2 aromatic carbocycles. The lowest BCUT2D eigenvalue weighted by Gasteiger charge is -2.18. The maximum absolute atomic E-state index is 5.98. The predicted octanol–water partition coefficient (Wildman–Crippen LogP) is 4.91. The summed E-state index contributed by atoms with van der Waals surface area (Å²) in [4.78, 5) is 0. The van der Waals surface area contributed by atoms with Crippen LogP contribution >= 0.6 is 0 Å². The smallest absolute Gasteiger partial charge is 0.122 e. The van der Waals surface area contributed by atoms with Crippen LogP contribution in [-0.4, -0.2) is 19.3 Å². The lowest BCUT2D eigenvalue weighted by molar-refractivity contribution is 0.233. The Morgan fingerprint density at radius 2 is 1.78 bits per heavy atom. The summed E-state index contributed by atoms with van der Waals surface area (Å²) in [6.07, 6.45) is 0.0799. The minimum Gasteiger partial charge on any atom is -0.493 e. The van der Waals surface area contributed by atoms with Gasteiger partial charge in [-0.15, -0.1) is 0 Å². The quantitative estimate of drug-likeness (QED) is 0.751. The summed E-state index contributed by atoms with van der Waals surface area (Å²) < 4.78 is 11.7. The van der Waals surface area contributed by atoms with E-state index >= 15 is 0 Å². The average Bonchev–Trinajstić information content (AvgIpc) is 2.54. The maximum atomic E-state index is 5.98. The Morgan fingerprint density at radius 3 is 2.52 bits per heavy atom. The molecule has 0 spiro atoms. The predicted molar refractivity (Wildman–Crippen MR) is 96.5 cm³/mol. The van der Waals surface area contributed by atoms with E-state index in [-0.39, 0.29) is 6.10 Å². The minimum atomic E-state index is 0.0799. The van der Waals surface area contributed by atoms with Crippen molar-refractivity contribution in [1.82, 2.24) is 0 Å². The van der Waals surface area contributed by atoms with E-state index in [2.05, 4.69) is 39.1 Å². The molecule has 0 aromatic heterocycles. The van der Waals surface area contributed by atoms with Crippen molar-refractivity contribution in [3.8, 4) is 11.5 Å². The van der Waals surface area contributed by atoms with Crippen LogP contribution < -0.4 is 14.8 Å². The zero-order valence-electron chi connectivity index (χ0n) is 14.5. The van der Waals surface area contributed by atoms with Crippen LogP contribution in [0.4, 0.5) is 5.69 Å². The number of ether oxygens (including phenoxy) is 2. The van der Waals surface area contributed by atoms with Crippen LogP contribution in [0.25, 0.3) is 0 Å². The Morgan fingerprint density at radius 1 is 1.00 bits per heavy atom. The van der Waals surface area contributed by atoms with Gasteiger partial charge in [0.1, 0.15) is 17.6 Å². The SMILES string of the molecule is Cc1ccccc1OC(C)CNc1cccc(OCC(C)C)c1. The van der Waals surface area contributed by atoms with Gasteiger partial charge in [0.2, 0.25) is 0 Å². The highest BCUT2D eigenvalue weighted by Gasteiger charge is 2.06. The van der Waals surface area contributed by atoms with E-state index in [1.54, 1.807) is 0 Å². The number of benzene rings is 2. The molecule has 23 heavy (non-hydrogen) atoms. The van der Waals surface area contributed by atoms with Gasteiger partial charge in [0.25, 0.3) is 0 Å². The van der Waals surface area contributed by atoms with Gasteiger partial charge in [-0.2, -0.15) is 0 Å². The summed E-state index contributed by atoms with van der Waals surface area (Å²) in [5.41, 5.74) is 2.20. The van der Waals surface area contributed by atoms with Crippen molar-refractivity contribution in [2.75, 3.05) is 18.5 Å². The van der Waals surface area contributed by atoms with Gasteiger partial charge >= 0.3 is 0 Å². The molecule has 0 aliphatic carbocycles. The second-order valence-electron chi connectivity index (χ2n) is 6.31. The molecule has 3 nitrogen and oxygen atoms in total. The van der Waals surface area contributed by atoms with Gasteiger partial charge in [0.15, 0.2) is 0 Å². The molecule has 3 heteroatoms. The molecule has 0 saturated carbocycles. The summed E-state index contributed by atoms with van der Waals surface area (Å²) in [5, 5.41) is 3.41. The minimum absolute atomic E-state index is 0.0799. The van der Waals surface area contributed by atoms with E-state index in [9.17, 15) is 0 Å². The molecule has 1 N–H and O–H groups in total. The Bertz CT molecular complexity index is 610. The molecular formula is C20H27NO2. The first-order valence-corrected chi connectivity index (χ1v) is 8.23. The van der Waals surface area contributed by atoms with Crippen LogP contribution in [-0.2, 0) is 0 Å². The normalized spacial score (nSPS) is 12.0. The van der Waals surface area contributed by atoms with Crippen molar-refractivity contribution < 1.29 is 9.47 Å². The average molecular weight is 313 g/mol. The van der Waals surface area contributed by atoms with Gasteiger partial charge in [-0.3, -0.25) is 0 Å². The van der Waals surface area contributed by atoms with Gasteiger partial charge in [-0.05, 0) is 43.5 Å². The Hall–Kier alpha value is -2.16. The summed E-state index contributed by atoms with van der Waals surface area (Å²) in [7, 11) is 0. The monoisotopic (exact) mass is 313 g/mol. The second-order valence-corrected chi connectivity index (χ2v) is 6.31. The Kier molecular flexibility index (Phi) is 6.33. The van der Waals surface area contributed by atoms with Crippen molar-refractivity contribution in [3.05, 3.63) is 54.1 Å².